The van der Waals surface area contributed by atoms with Crippen molar-refractivity contribution in [3.63, 3.8) is 0 Å². The van der Waals surface area contributed by atoms with E-state index in [9.17, 15) is 13.2 Å². The number of tetrazole rings is 1. The van der Waals surface area contributed by atoms with Crippen LogP contribution in [0.4, 0.5) is 11.4 Å². The van der Waals surface area contributed by atoms with Gasteiger partial charge in [0.15, 0.2) is 0 Å². The van der Waals surface area contributed by atoms with E-state index in [0.29, 0.717) is 25.2 Å². The van der Waals surface area contributed by atoms with E-state index in [1.165, 1.54) is 8.99 Å². The zero-order valence-corrected chi connectivity index (χ0v) is 14.6. The Balaban J connectivity index is 1.70. The number of aromatic nitrogens is 4. The number of aryl methyl sites for hydroxylation is 1. The van der Waals surface area contributed by atoms with Crippen molar-refractivity contribution in [2.75, 3.05) is 28.0 Å². The van der Waals surface area contributed by atoms with E-state index < -0.39 is 10.0 Å². The lowest BCUT2D eigenvalue weighted by Crippen LogP contribution is -2.38. The molecule has 0 bridgehead atoms. The van der Waals surface area contributed by atoms with Gasteiger partial charge in [0, 0.05) is 25.8 Å². The molecule has 0 aliphatic carbocycles. The molecule has 0 spiro atoms. The van der Waals surface area contributed by atoms with Crippen molar-refractivity contribution in [2.45, 2.75) is 19.3 Å². The Labute approximate surface area is 145 Å². The number of benzene rings is 1. The molecule has 25 heavy (non-hydrogen) atoms. The van der Waals surface area contributed by atoms with Crippen molar-refractivity contribution in [3.8, 4) is 0 Å². The number of sulfonamides is 1. The zero-order chi connectivity index (χ0) is 17.6. The van der Waals surface area contributed by atoms with Crippen LogP contribution in [0.1, 0.15) is 29.0 Å². The van der Waals surface area contributed by atoms with Crippen molar-refractivity contribution in [2.24, 2.45) is 7.05 Å². The van der Waals surface area contributed by atoms with Crippen LogP contribution in [0, 0.1) is 0 Å². The molecular weight excluding hydrogens is 344 g/mol. The maximum atomic E-state index is 12.7. The van der Waals surface area contributed by atoms with E-state index in [-0.39, 0.29) is 17.5 Å². The van der Waals surface area contributed by atoms with Crippen LogP contribution in [-0.4, -0.2) is 53.4 Å². The second kappa shape index (κ2) is 5.80. The monoisotopic (exact) mass is 362 g/mol. The van der Waals surface area contributed by atoms with Gasteiger partial charge in [0.1, 0.15) is 0 Å². The first kappa shape index (κ1) is 16.0. The van der Waals surface area contributed by atoms with Gasteiger partial charge in [-0.25, -0.2) is 13.1 Å². The lowest BCUT2D eigenvalue weighted by Gasteiger charge is -2.29. The smallest absolute Gasteiger partial charge is 0.297 e. The number of fused-ring (bicyclic) bond motifs is 1. The van der Waals surface area contributed by atoms with E-state index in [4.69, 9.17) is 0 Å². The highest BCUT2D eigenvalue weighted by molar-refractivity contribution is 7.92. The van der Waals surface area contributed by atoms with E-state index >= 15 is 0 Å². The molecule has 1 aromatic heterocycles. The van der Waals surface area contributed by atoms with Crippen molar-refractivity contribution < 1.29 is 13.2 Å². The Bertz CT molecular complexity index is 938. The summed E-state index contributed by atoms with van der Waals surface area (Å²) < 4.78 is 27.5. The average Bonchev–Trinajstić information content (AvgIpc) is 3.19. The maximum absolute atomic E-state index is 12.7. The number of carbonyl (C=O) groups excluding carboxylic acids is 1. The lowest BCUT2D eigenvalue weighted by molar-refractivity contribution is 0.0975. The van der Waals surface area contributed by atoms with E-state index in [0.717, 1.165) is 24.1 Å². The average molecular weight is 362 g/mol. The number of anilines is 2. The number of hydrogen-bond donors (Lipinski definition) is 0. The Hall–Kier alpha value is -2.49. The van der Waals surface area contributed by atoms with Gasteiger partial charge in [-0.1, -0.05) is 6.07 Å². The fourth-order valence-corrected chi connectivity index (χ4v) is 4.98. The SMILES string of the molecule is Cn1nnnc1C(=O)N1CCc2ccc(N3CCCCS3(=O)=O)cc21. The summed E-state index contributed by atoms with van der Waals surface area (Å²) in [5.74, 6) is 0.0332. The second-order valence-corrected chi connectivity index (χ2v) is 8.25. The topological polar surface area (TPSA) is 101 Å². The third-order valence-corrected chi connectivity index (χ3v) is 6.53. The third-order valence-electron chi connectivity index (χ3n) is 4.66. The van der Waals surface area contributed by atoms with Gasteiger partial charge >= 0.3 is 0 Å². The normalized spacial score (nSPS) is 19.1. The first-order chi connectivity index (χ1) is 12.0. The molecule has 0 saturated carbocycles. The van der Waals surface area contributed by atoms with Crippen LogP contribution in [0.3, 0.4) is 0 Å². The molecule has 1 saturated heterocycles. The molecule has 1 fully saturated rings. The standard InChI is InChI=1S/C15H18N6O3S/c1-19-14(16-17-18-19)15(22)20-8-6-11-4-5-12(10-13(11)20)21-7-2-3-9-25(21,23)24/h4-5,10H,2-3,6-9H2,1H3. The fraction of sp³-hybridized carbons (Fsp3) is 0.467. The van der Waals surface area contributed by atoms with Gasteiger partial charge in [-0.15, -0.1) is 5.10 Å². The van der Waals surface area contributed by atoms with Crippen LogP contribution in [0.25, 0.3) is 0 Å². The minimum atomic E-state index is -3.29. The third kappa shape index (κ3) is 2.66. The van der Waals surface area contributed by atoms with Crippen LogP contribution in [-0.2, 0) is 23.5 Å². The Morgan fingerprint density at radius 1 is 1.20 bits per heavy atom. The van der Waals surface area contributed by atoms with Gasteiger partial charge in [0.05, 0.1) is 11.4 Å². The molecule has 2 aliphatic rings. The van der Waals surface area contributed by atoms with E-state index in [1.807, 2.05) is 12.1 Å². The molecule has 4 rings (SSSR count). The van der Waals surface area contributed by atoms with Crippen molar-refractivity contribution in [1.29, 1.82) is 0 Å². The molecular formula is C15H18N6O3S. The lowest BCUT2D eigenvalue weighted by atomic mass is 10.1. The molecule has 3 heterocycles. The zero-order valence-electron chi connectivity index (χ0n) is 13.8. The van der Waals surface area contributed by atoms with E-state index in [1.54, 1.807) is 18.0 Å². The van der Waals surface area contributed by atoms with Crippen LogP contribution >= 0.6 is 0 Å². The number of carbonyl (C=O) groups is 1. The number of rotatable bonds is 2. The van der Waals surface area contributed by atoms with Crippen LogP contribution in [0.15, 0.2) is 18.2 Å². The molecule has 2 aliphatic heterocycles. The molecule has 0 atom stereocenters. The summed E-state index contributed by atoms with van der Waals surface area (Å²) in [5, 5.41) is 11.0. The molecule has 10 heteroatoms. The summed E-state index contributed by atoms with van der Waals surface area (Å²) in [4.78, 5) is 14.3. The largest absolute Gasteiger partial charge is 0.305 e. The summed E-state index contributed by atoms with van der Waals surface area (Å²) in [7, 11) is -1.68. The molecule has 0 radical (unpaired) electrons. The summed E-state index contributed by atoms with van der Waals surface area (Å²) in [6, 6.07) is 5.50. The Kier molecular flexibility index (Phi) is 3.71. The molecule has 132 valence electrons. The van der Waals surface area contributed by atoms with Gasteiger partial charge < -0.3 is 4.90 Å². The molecule has 1 amide bonds. The highest BCUT2D eigenvalue weighted by atomic mass is 32.2. The van der Waals surface area contributed by atoms with Crippen LogP contribution < -0.4 is 9.21 Å². The first-order valence-corrected chi connectivity index (χ1v) is 9.76. The highest BCUT2D eigenvalue weighted by Crippen LogP contribution is 2.34. The number of hydrogen-bond acceptors (Lipinski definition) is 6. The van der Waals surface area contributed by atoms with Crippen LogP contribution in [0.5, 0.6) is 0 Å². The van der Waals surface area contributed by atoms with Crippen molar-refractivity contribution in [1.82, 2.24) is 20.2 Å². The van der Waals surface area contributed by atoms with E-state index in [2.05, 4.69) is 15.5 Å². The number of amides is 1. The summed E-state index contributed by atoms with van der Waals surface area (Å²) in [6.07, 6.45) is 2.25. The van der Waals surface area contributed by atoms with Crippen molar-refractivity contribution in [3.05, 3.63) is 29.6 Å². The molecule has 0 unspecified atom stereocenters. The molecule has 1 aromatic carbocycles. The van der Waals surface area contributed by atoms with Gasteiger partial charge in [-0.3, -0.25) is 9.10 Å². The summed E-state index contributed by atoms with van der Waals surface area (Å²) in [5.41, 5.74) is 2.35. The summed E-state index contributed by atoms with van der Waals surface area (Å²) >= 11 is 0. The Morgan fingerprint density at radius 3 is 2.76 bits per heavy atom. The first-order valence-electron chi connectivity index (χ1n) is 8.15. The quantitative estimate of drug-likeness (QED) is 0.764. The fourth-order valence-electron chi connectivity index (χ4n) is 3.34. The molecule has 0 N–H and O–H groups in total. The minimum absolute atomic E-state index is 0.156. The summed E-state index contributed by atoms with van der Waals surface area (Å²) in [6.45, 7) is 1.000. The molecule has 2 aromatic rings. The predicted molar refractivity (Wildman–Crippen MR) is 91.0 cm³/mol. The molecule has 9 nitrogen and oxygen atoms in total. The van der Waals surface area contributed by atoms with Gasteiger partial charge in [0.25, 0.3) is 5.91 Å². The van der Waals surface area contributed by atoms with Gasteiger partial charge in [0.2, 0.25) is 15.8 Å². The number of nitrogens with zero attached hydrogens (tertiary/aromatic N) is 6. The predicted octanol–water partition coefficient (Wildman–Crippen LogP) is 0.343. The maximum Gasteiger partial charge on any atom is 0.297 e. The van der Waals surface area contributed by atoms with Crippen LogP contribution in [0.2, 0.25) is 0 Å². The minimum Gasteiger partial charge on any atom is -0.305 e. The Morgan fingerprint density at radius 2 is 2.04 bits per heavy atom. The highest BCUT2D eigenvalue weighted by Gasteiger charge is 2.31. The van der Waals surface area contributed by atoms with Crippen molar-refractivity contribution >= 4 is 27.3 Å². The van der Waals surface area contributed by atoms with Gasteiger partial charge in [-0.2, -0.15) is 0 Å². The van der Waals surface area contributed by atoms with Gasteiger partial charge in [-0.05, 0) is 47.4 Å². The second-order valence-electron chi connectivity index (χ2n) is 6.24.